The van der Waals surface area contributed by atoms with Crippen LogP contribution in [0.2, 0.25) is 0 Å². The van der Waals surface area contributed by atoms with E-state index in [4.69, 9.17) is 0 Å². The van der Waals surface area contributed by atoms with E-state index in [-0.39, 0.29) is 5.75 Å². The van der Waals surface area contributed by atoms with Crippen molar-refractivity contribution in [2.75, 3.05) is 0 Å². The van der Waals surface area contributed by atoms with E-state index >= 15 is 0 Å². The Labute approximate surface area is 104 Å². The molecule has 1 aromatic heterocycles. The number of benzene rings is 1. The fraction of sp³-hybridized carbons (Fsp3) is 0.231. The number of carbonyl (C=O) groups excluding carboxylic acids is 1. The van der Waals surface area contributed by atoms with Crippen LogP contribution in [0.25, 0.3) is 11.3 Å². The molecule has 3 nitrogen and oxygen atoms in total. The first kappa shape index (κ1) is 11.8. The number of phenolic OH excluding ortho intramolecular Hbond substituents is 1. The number of hydrogen-bond donors (Lipinski definition) is 1. The molecule has 0 unspecified atom stereocenters. The number of phenols is 1. The predicted octanol–water partition coefficient (Wildman–Crippen LogP) is 3.45. The second-order valence-electron chi connectivity index (χ2n) is 4.09. The molecule has 0 saturated carbocycles. The summed E-state index contributed by atoms with van der Waals surface area (Å²) in [5, 5.41) is 12.8. The summed E-state index contributed by atoms with van der Waals surface area (Å²) in [6.07, 6.45) is 0.647. The molecule has 0 spiro atoms. The summed E-state index contributed by atoms with van der Waals surface area (Å²) in [4.78, 5) is 15.2. The van der Waals surface area contributed by atoms with Crippen LogP contribution in [0.3, 0.4) is 0 Å². The molecule has 0 aliphatic heterocycles. The van der Waals surface area contributed by atoms with Crippen LogP contribution in [0, 0.1) is 0 Å². The van der Waals surface area contributed by atoms with Crippen molar-refractivity contribution in [1.82, 2.24) is 4.98 Å². The van der Waals surface area contributed by atoms with Gasteiger partial charge in [0.25, 0.3) is 0 Å². The van der Waals surface area contributed by atoms with Crippen LogP contribution in [0.4, 0.5) is 0 Å². The minimum Gasteiger partial charge on any atom is -0.506 e. The van der Waals surface area contributed by atoms with Crippen molar-refractivity contribution in [3.63, 3.8) is 0 Å². The second-order valence-corrected chi connectivity index (χ2v) is 4.98. The highest BCUT2D eigenvalue weighted by Crippen LogP contribution is 2.33. The maximum absolute atomic E-state index is 10.7. The van der Waals surface area contributed by atoms with Gasteiger partial charge in [0, 0.05) is 16.9 Å². The van der Waals surface area contributed by atoms with E-state index in [2.05, 4.69) is 18.8 Å². The van der Waals surface area contributed by atoms with Crippen LogP contribution < -0.4 is 0 Å². The van der Waals surface area contributed by atoms with Gasteiger partial charge in [-0.2, -0.15) is 0 Å². The maximum atomic E-state index is 10.7. The largest absolute Gasteiger partial charge is 0.506 e. The Kier molecular flexibility index (Phi) is 3.24. The number of hydrogen-bond acceptors (Lipinski definition) is 4. The predicted molar refractivity (Wildman–Crippen MR) is 68.7 cm³/mol. The van der Waals surface area contributed by atoms with Crippen LogP contribution in [0.5, 0.6) is 5.75 Å². The van der Waals surface area contributed by atoms with E-state index in [0.29, 0.717) is 23.3 Å². The average molecular weight is 247 g/mol. The van der Waals surface area contributed by atoms with Gasteiger partial charge >= 0.3 is 0 Å². The van der Waals surface area contributed by atoms with Gasteiger partial charge < -0.3 is 5.11 Å². The van der Waals surface area contributed by atoms with Crippen molar-refractivity contribution in [1.29, 1.82) is 0 Å². The first-order chi connectivity index (χ1) is 8.13. The summed E-state index contributed by atoms with van der Waals surface area (Å²) in [5.74, 6) is 0.369. The van der Waals surface area contributed by atoms with E-state index in [1.165, 1.54) is 0 Å². The molecule has 88 valence electrons. The minimum atomic E-state index is 0.00288. The zero-order valence-electron chi connectivity index (χ0n) is 9.68. The van der Waals surface area contributed by atoms with Crippen molar-refractivity contribution in [3.8, 4) is 17.0 Å². The fourth-order valence-electron chi connectivity index (χ4n) is 1.54. The SMILES string of the molecule is CC(C)c1nc(-c2cccc(C=O)c2O)cs1. The molecule has 0 atom stereocenters. The number of aromatic hydroxyl groups is 1. The quantitative estimate of drug-likeness (QED) is 0.845. The molecule has 0 amide bonds. The Balaban J connectivity index is 2.49. The molecule has 0 bridgehead atoms. The lowest BCUT2D eigenvalue weighted by atomic mass is 10.1. The number of thiazole rings is 1. The van der Waals surface area contributed by atoms with Gasteiger partial charge in [-0.3, -0.25) is 4.79 Å². The molecular formula is C13H13NO2S. The van der Waals surface area contributed by atoms with Gasteiger partial charge in [-0.15, -0.1) is 11.3 Å². The van der Waals surface area contributed by atoms with Gasteiger partial charge in [0.2, 0.25) is 0 Å². The van der Waals surface area contributed by atoms with E-state index in [1.807, 2.05) is 5.38 Å². The third-order valence-electron chi connectivity index (χ3n) is 2.49. The molecule has 1 aromatic carbocycles. The lowest BCUT2D eigenvalue weighted by Crippen LogP contribution is -1.88. The first-order valence-corrected chi connectivity index (χ1v) is 6.24. The number of rotatable bonds is 3. The average Bonchev–Trinajstić information content (AvgIpc) is 2.78. The van der Waals surface area contributed by atoms with Crippen molar-refractivity contribution in [2.45, 2.75) is 19.8 Å². The van der Waals surface area contributed by atoms with E-state index in [1.54, 1.807) is 29.5 Å². The van der Waals surface area contributed by atoms with Crippen molar-refractivity contribution >= 4 is 17.6 Å². The molecule has 17 heavy (non-hydrogen) atoms. The summed E-state index contributed by atoms with van der Waals surface area (Å²) < 4.78 is 0. The normalized spacial score (nSPS) is 10.8. The zero-order chi connectivity index (χ0) is 12.4. The van der Waals surface area contributed by atoms with Crippen molar-refractivity contribution < 1.29 is 9.90 Å². The monoisotopic (exact) mass is 247 g/mol. The van der Waals surface area contributed by atoms with Crippen molar-refractivity contribution in [3.05, 3.63) is 34.2 Å². The Hall–Kier alpha value is -1.68. The second kappa shape index (κ2) is 4.67. The highest BCUT2D eigenvalue weighted by Gasteiger charge is 2.12. The van der Waals surface area contributed by atoms with E-state index in [9.17, 15) is 9.90 Å². The molecule has 0 aliphatic carbocycles. The molecule has 0 saturated heterocycles. The third kappa shape index (κ3) is 2.22. The zero-order valence-corrected chi connectivity index (χ0v) is 10.5. The van der Waals surface area contributed by atoms with Gasteiger partial charge in [0.05, 0.1) is 16.3 Å². The summed E-state index contributed by atoms with van der Waals surface area (Å²) in [6.45, 7) is 4.15. The van der Waals surface area contributed by atoms with Gasteiger partial charge in [-0.05, 0) is 12.1 Å². The Bertz CT molecular complexity index is 546. The van der Waals surface area contributed by atoms with Gasteiger partial charge in [-0.1, -0.05) is 19.9 Å². The first-order valence-electron chi connectivity index (χ1n) is 5.36. The van der Waals surface area contributed by atoms with Crippen LogP contribution in [0.15, 0.2) is 23.6 Å². The molecular weight excluding hydrogens is 234 g/mol. The number of nitrogens with zero attached hydrogens (tertiary/aromatic N) is 1. The molecule has 2 aromatic rings. The van der Waals surface area contributed by atoms with Gasteiger partial charge in [0.1, 0.15) is 5.75 Å². The highest BCUT2D eigenvalue weighted by atomic mass is 32.1. The third-order valence-corrected chi connectivity index (χ3v) is 3.63. The summed E-state index contributed by atoms with van der Waals surface area (Å²) in [7, 11) is 0. The number of aldehydes is 1. The number of carbonyl (C=O) groups is 1. The molecule has 0 radical (unpaired) electrons. The topological polar surface area (TPSA) is 50.2 Å². The summed E-state index contributed by atoms with van der Waals surface area (Å²) >= 11 is 1.56. The molecule has 4 heteroatoms. The smallest absolute Gasteiger partial charge is 0.153 e. The standard InChI is InChI=1S/C13H13NO2S/c1-8(2)13-14-11(7-17-13)10-5-3-4-9(6-15)12(10)16/h3-8,16H,1-2H3. The molecule has 0 aliphatic rings. The van der Waals surface area contributed by atoms with Gasteiger partial charge in [-0.25, -0.2) is 4.98 Å². The Morgan fingerprint density at radius 1 is 1.41 bits per heavy atom. The van der Waals surface area contributed by atoms with Crippen LogP contribution >= 0.6 is 11.3 Å². The Morgan fingerprint density at radius 2 is 2.18 bits per heavy atom. The minimum absolute atomic E-state index is 0.00288. The van der Waals surface area contributed by atoms with Gasteiger partial charge in [0.15, 0.2) is 6.29 Å². The summed E-state index contributed by atoms with van der Waals surface area (Å²) in [6, 6.07) is 5.09. The van der Waals surface area contributed by atoms with Crippen LogP contribution in [0.1, 0.15) is 35.1 Å². The molecule has 0 fully saturated rings. The lowest BCUT2D eigenvalue weighted by molar-refractivity contribution is 0.112. The molecule has 1 heterocycles. The van der Waals surface area contributed by atoms with Crippen LogP contribution in [-0.4, -0.2) is 16.4 Å². The maximum Gasteiger partial charge on any atom is 0.153 e. The van der Waals surface area contributed by atoms with E-state index in [0.717, 1.165) is 10.7 Å². The van der Waals surface area contributed by atoms with Crippen LogP contribution in [-0.2, 0) is 0 Å². The number of para-hydroxylation sites is 1. The number of aromatic nitrogens is 1. The molecule has 1 N–H and O–H groups in total. The Morgan fingerprint density at radius 3 is 2.76 bits per heavy atom. The lowest BCUT2D eigenvalue weighted by Gasteiger charge is -2.03. The van der Waals surface area contributed by atoms with E-state index < -0.39 is 0 Å². The molecule has 2 rings (SSSR count). The highest BCUT2D eigenvalue weighted by molar-refractivity contribution is 7.10. The van der Waals surface area contributed by atoms with Crippen molar-refractivity contribution in [2.24, 2.45) is 0 Å². The summed E-state index contributed by atoms with van der Waals surface area (Å²) in [5.41, 5.74) is 1.62. The fourth-order valence-corrected chi connectivity index (χ4v) is 2.37.